The first-order valence-corrected chi connectivity index (χ1v) is 10.1. The van der Waals surface area contributed by atoms with E-state index < -0.39 is 36.1 Å². The van der Waals surface area contributed by atoms with Crippen LogP contribution >= 0.6 is 55.1 Å². The largest absolute Gasteiger partial charge is 0.405 e. The van der Waals surface area contributed by atoms with Crippen LogP contribution in [0.15, 0.2) is 33.2 Å². The van der Waals surface area contributed by atoms with E-state index in [-0.39, 0.29) is 36.5 Å². The molecule has 0 aliphatic heterocycles. The summed E-state index contributed by atoms with van der Waals surface area (Å²) < 4.78 is 51.5. The Balaban J connectivity index is 2.61. The van der Waals surface area contributed by atoms with Crippen LogP contribution in [-0.2, 0) is 4.79 Å². The molecule has 0 bridgehead atoms. The van der Waals surface area contributed by atoms with E-state index in [0.29, 0.717) is 0 Å². The molecule has 2 aromatic carbocycles. The number of anilines is 2. The van der Waals surface area contributed by atoms with E-state index in [1.165, 1.54) is 12.1 Å². The monoisotopic (exact) mass is 578 g/mol. The van der Waals surface area contributed by atoms with Crippen LogP contribution in [0.4, 0.5) is 28.9 Å². The maximum absolute atomic E-state index is 13.6. The van der Waals surface area contributed by atoms with Gasteiger partial charge in [-0.05, 0) is 56.1 Å². The van der Waals surface area contributed by atoms with Crippen molar-refractivity contribution < 1.29 is 27.2 Å². The molecule has 0 spiro atoms. The molecule has 4 nitrogen and oxygen atoms in total. The molecule has 29 heavy (non-hydrogen) atoms. The Kier molecular flexibility index (Phi) is 7.94. The zero-order valence-electron chi connectivity index (χ0n) is 14.1. The molecule has 2 aromatic rings. The van der Waals surface area contributed by atoms with Crippen molar-refractivity contribution in [3.8, 4) is 0 Å². The Hall–Kier alpha value is -1.36. The molecule has 0 saturated heterocycles. The van der Waals surface area contributed by atoms with Gasteiger partial charge in [0.15, 0.2) is 5.78 Å². The lowest BCUT2D eigenvalue weighted by molar-refractivity contribution is -0.115. The van der Waals surface area contributed by atoms with Crippen molar-refractivity contribution in [2.24, 2.45) is 0 Å². The molecule has 2 rings (SSSR count). The van der Waals surface area contributed by atoms with Crippen molar-refractivity contribution in [1.29, 1.82) is 0 Å². The highest BCUT2D eigenvalue weighted by molar-refractivity contribution is 9.11. The van der Waals surface area contributed by atoms with Gasteiger partial charge in [0.05, 0.1) is 26.4 Å². The van der Waals surface area contributed by atoms with Gasteiger partial charge >= 0.3 is 6.18 Å². The van der Waals surface area contributed by atoms with Gasteiger partial charge in [-0.1, -0.05) is 11.6 Å². The van der Waals surface area contributed by atoms with Gasteiger partial charge < -0.3 is 10.6 Å². The van der Waals surface area contributed by atoms with Crippen molar-refractivity contribution in [3.05, 3.63) is 55.2 Å². The first-order valence-electron chi connectivity index (χ1n) is 7.62. The van der Waals surface area contributed by atoms with Crippen LogP contribution in [0.5, 0.6) is 0 Å². The second-order valence-corrected chi connectivity index (χ2v) is 7.90. The molecule has 0 aromatic heterocycles. The normalized spacial score (nSPS) is 11.3. The lowest BCUT2D eigenvalue weighted by Crippen LogP contribution is -2.23. The van der Waals surface area contributed by atoms with Gasteiger partial charge in [0.2, 0.25) is 5.91 Å². The third-order valence-corrected chi connectivity index (χ3v) is 5.47. The molecule has 0 fully saturated rings. The average molecular weight is 581 g/mol. The van der Waals surface area contributed by atoms with E-state index in [4.69, 9.17) is 23.2 Å². The summed E-state index contributed by atoms with van der Waals surface area (Å²) in [7, 11) is 0. The zero-order valence-corrected chi connectivity index (χ0v) is 18.7. The van der Waals surface area contributed by atoms with E-state index >= 15 is 0 Å². The summed E-state index contributed by atoms with van der Waals surface area (Å²) in [5.41, 5.74) is -0.515. The van der Waals surface area contributed by atoms with Gasteiger partial charge in [-0.3, -0.25) is 9.59 Å². The number of rotatable bonds is 6. The van der Waals surface area contributed by atoms with Gasteiger partial charge in [0, 0.05) is 10.0 Å². The fourth-order valence-corrected chi connectivity index (χ4v) is 4.11. The molecular formula is C17H10Br2Cl2F4N2O2. The highest BCUT2D eigenvalue weighted by Gasteiger charge is 2.29. The van der Waals surface area contributed by atoms with Crippen molar-refractivity contribution >= 4 is 78.1 Å². The molecule has 0 heterocycles. The van der Waals surface area contributed by atoms with E-state index in [0.717, 1.165) is 12.1 Å². The lowest BCUT2D eigenvalue weighted by Gasteiger charge is -2.19. The van der Waals surface area contributed by atoms with Crippen molar-refractivity contribution in [2.75, 3.05) is 23.1 Å². The molecule has 156 valence electrons. The SMILES string of the molecule is O=C(CCl)Nc1c(NCC(F)(F)F)cc(Br)c(C(=O)c2cc(F)ccc2Cl)c1Br. The lowest BCUT2D eigenvalue weighted by atomic mass is 10.0. The molecule has 1 amide bonds. The number of carbonyl (C=O) groups excluding carboxylic acids is 2. The van der Waals surface area contributed by atoms with Crippen LogP contribution in [0, 0.1) is 5.82 Å². The third-order valence-electron chi connectivity index (χ3n) is 3.48. The van der Waals surface area contributed by atoms with Crippen LogP contribution in [-0.4, -0.2) is 30.3 Å². The Morgan fingerprint density at radius 2 is 1.79 bits per heavy atom. The predicted molar refractivity (Wildman–Crippen MR) is 111 cm³/mol. The van der Waals surface area contributed by atoms with E-state index in [9.17, 15) is 27.2 Å². The molecule has 2 N–H and O–H groups in total. The summed E-state index contributed by atoms with van der Waals surface area (Å²) in [4.78, 5) is 24.7. The molecule has 0 aliphatic carbocycles. The summed E-state index contributed by atoms with van der Waals surface area (Å²) >= 11 is 17.7. The van der Waals surface area contributed by atoms with Crippen LogP contribution in [0.1, 0.15) is 15.9 Å². The third kappa shape index (κ3) is 6.07. The first-order chi connectivity index (χ1) is 13.4. The molecule has 0 saturated carbocycles. The smallest absolute Gasteiger partial charge is 0.375 e. The summed E-state index contributed by atoms with van der Waals surface area (Å²) in [6, 6.07) is 4.37. The summed E-state index contributed by atoms with van der Waals surface area (Å²) in [5.74, 6) is -2.62. The highest BCUT2D eigenvalue weighted by Crippen LogP contribution is 2.41. The summed E-state index contributed by atoms with van der Waals surface area (Å²) in [6.07, 6.45) is -4.53. The van der Waals surface area contributed by atoms with Crippen LogP contribution < -0.4 is 10.6 Å². The van der Waals surface area contributed by atoms with Gasteiger partial charge in [-0.2, -0.15) is 13.2 Å². The molecule has 0 radical (unpaired) electrons. The first kappa shape index (κ1) is 23.9. The van der Waals surface area contributed by atoms with E-state index in [1.54, 1.807) is 0 Å². The number of halogens is 8. The molecule has 12 heteroatoms. The number of amides is 1. The maximum Gasteiger partial charge on any atom is 0.405 e. The van der Waals surface area contributed by atoms with Gasteiger partial charge in [0.25, 0.3) is 0 Å². The van der Waals surface area contributed by atoms with E-state index in [2.05, 4.69) is 42.5 Å². The van der Waals surface area contributed by atoms with Crippen molar-refractivity contribution in [3.63, 3.8) is 0 Å². The second-order valence-electron chi connectivity index (χ2n) is 5.57. The highest BCUT2D eigenvalue weighted by atomic mass is 79.9. The van der Waals surface area contributed by atoms with Gasteiger partial charge in [0.1, 0.15) is 18.2 Å². The number of hydrogen-bond acceptors (Lipinski definition) is 3. The van der Waals surface area contributed by atoms with Crippen LogP contribution in [0.2, 0.25) is 5.02 Å². The Labute approximate surface area is 189 Å². The van der Waals surface area contributed by atoms with E-state index in [1.807, 2.05) is 0 Å². The zero-order chi connectivity index (χ0) is 21.9. The fourth-order valence-electron chi connectivity index (χ4n) is 2.26. The molecule has 0 atom stereocenters. The summed E-state index contributed by atoms with van der Waals surface area (Å²) in [6.45, 7) is -1.39. The van der Waals surface area contributed by atoms with Crippen LogP contribution in [0.25, 0.3) is 0 Å². The number of nitrogens with one attached hydrogen (secondary N) is 2. The predicted octanol–water partition coefficient (Wildman–Crippen LogP) is 6.39. The maximum atomic E-state index is 13.6. The number of benzene rings is 2. The molecule has 0 unspecified atom stereocenters. The van der Waals surface area contributed by atoms with Crippen molar-refractivity contribution in [2.45, 2.75) is 6.18 Å². The number of ketones is 1. The minimum absolute atomic E-state index is 0.0270. The van der Waals surface area contributed by atoms with Gasteiger partial charge in [-0.15, -0.1) is 11.6 Å². The summed E-state index contributed by atoms with van der Waals surface area (Å²) in [5, 5.41) is 4.46. The quantitative estimate of drug-likeness (QED) is 0.237. The molecular weight excluding hydrogens is 571 g/mol. The van der Waals surface area contributed by atoms with Crippen LogP contribution in [0.3, 0.4) is 0 Å². The topological polar surface area (TPSA) is 58.2 Å². The average Bonchev–Trinajstić information content (AvgIpc) is 2.63. The second kappa shape index (κ2) is 9.63. The van der Waals surface area contributed by atoms with Gasteiger partial charge in [-0.25, -0.2) is 4.39 Å². The minimum Gasteiger partial charge on any atom is -0.375 e. The van der Waals surface area contributed by atoms with Crippen molar-refractivity contribution in [1.82, 2.24) is 0 Å². The number of carbonyl (C=O) groups is 2. The fraction of sp³-hybridized carbons (Fsp3) is 0.176. The standard InChI is InChI=1S/C17H10Br2Cl2F4N2O2/c18-9-4-11(26-6-17(23,24)25)15(27-12(28)5-20)14(19)13(9)16(29)8-3-7(22)1-2-10(8)21/h1-4,26H,5-6H2,(H,27,28). The Bertz CT molecular complexity index is 971. The number of hydrogen-bond donors (Lipinski definition) is 2. The Morgan fingerprint density at radius 1 is 1.14 bits per heavy atom. The molecule has 0 aliphatic rings. The number of alkyl halides is 4. The minimum atomic E-state index is -4.53. The Morgan fingerprint density at radius 3 is 2.38 bits per heavy atom.